The Kier molecular flexibility index (Phi) is 5.12. The van der Waals surface area contributed by atoms with E-state index in [4.69, 9.17) is 4.42 Å². The topological polar surface area (TPSA) is 46.8 Å². The van der Waals surface area contributed by atoms with Crippen LogP contribution in [0.2, 0.25) is 0 Å². The predicted octanol–water partition coefficient (Wildman–Crippen LogP) is 2.36. The molecule has 0 unspecified atom stereocenters. The maximum atomic E-state index is 13.7. The molecule has 2 aromatic carbocycles. The molecule has 4 heteroatoms. The Bertz CT molecular complexity index is 711. The third-order valence-corrected chi connectivity index (χ3v) is 7.07. The molecule has 118 valence electrons. The smallest absolute Gasteiger partial charge is 0.157 e. The largest absolute Gasteiger partial charge is 0.463 e. The van der Waals surface area contributed by atoms with Gasteiger partial charge in [0.2, 0.25) is 0 Å². The lowest BCUT2D eigenvalue weighted by atomic mass is 10.4. The molecule has 1 aromatic heterocycles. The molecule has 0 aliphatic rings. The van der Waals surface area contributed by atoms with Gasteiger partial charge in [0, 0.05) is 10.6 Å². The average Bonchev–Trinajstić information content (AvgIpc) is 3.13. The van der Waals surface area contributed by atoms with Crippen molar-refractivity contribution < 1.29 is 14.3 Å². The van der Waals surface area contributed by atoms with Crippen molar-refractivity contribution in [1.29, 1.82) is 0 Å². The number of rotatable bonds is 7. The van der Waals surface area contributed by atoms with Gasteiger partial charge < -0.3 is 14.3 Å². The van der Waals surface area contributed by atoms with E-state index in [0.717, 1.165) is 29.5 Å². The molecular formula is C19H21NO2P+. The Morgan fingerprint density at radius 2 is 1.43 bits per heavy atom. The zero-order valence-corrected chi connectivity index (χ0v) is 13.9. The third kappa shape index (κ3) is 3.82. The molecule has 0 aliphatic heterocycles. The summed E-state index contributed by atoms with van der Waals surface area (Å²) < 4.78 is 19.1. The first-order valence-electron chi connectivity index (χ1n) is 7.83. The van der Waals surface area contributed by atoms with Gasteiger partial charge >= 0.3 is 0 Å². The van der Waals surface area contributed by atoms with Crippen molar-refractivity contribution in [2.24, 2.45) is 0 Å². The van der Waals surface area contributed by atoms with Crippen molar-refractivity contribution in [2.75, 3.05) is 12.7 Å². The van der Waals surface area contributed by atoms with Crippen LogP contribution in [0.25, 0.3) is 0 Å². The Balaban J connectivity index is 1.75. The van der Waals surface area contributed by atoms with Crippen molar-refractivity contribution in [1.82, 2.24) is 0 Å². The molecule has 0 saturated heterocycles. The summed E-state index contributed by atoms with van der Waals surface area (Å²) >= 11 is 0. The molecule has 3 aromatic rings. The molecule has 0 saturated carbocycles. The van der Waals surface area contributed by atoms with Crippen LogP contribution in [0.3, 0.4) is 0 Å². The molecule has 2 N–H and O–H groups in total. The van der Waals surface area contributed by atoms with Gasteiger partial charge in [0.15, 0.2) is 5.76 Å². The van der Waals surface area contributed by atoms with Crippen molar-refractivity contribution in [3.05, 3.63) is 84.8 Å². The van der Waals surface area contributed by atoms with Gasteiger partial charge in [-0.05, 0) is 12.1 Å². The zero-order valence-electron chi connectivity index (χ0n) is 13.0. The minimum absolute atomic E-state index is 0.641. The van der Waals surface area contributed by atoms with Crippen LogP contribution in [-0.4, -0.2) is 12.7 Å². The fraction of sp³-hybridized carbons (Fsp3) is 0.158. The summed E-state index contributed by atoms with van der Waals surface area (Å²) in [5.41, 5.74) is 0. The fourth-order valence-corrected chi connectivity index (χ4v) is 5.36. The van der Waals surface area contributed by atoms with Crippen LogP contribution < -0.4 is 15.9 Å². The highest BCUT2D eigenvalue weighted by atomic mass is 31.2. The van der Waals surface area contributed by atoms with Gasteiger partial charge in [0.25, 0.3) is 0 Å². The SMILES string of the molecule is O=P(CC[NH2+]Cc1ccco1)(c1ccccc1)c1ccccc1. The number of hydrogen-bond acceptors (Lipinski definition) is 2. The lowest BCUT2D eigenvalue weighted by Crippen LogP contribution is -2.83. The van der Waals surface area contributed by atoms with E-state index in [0.29, 0.717) is 6.16 Å². The van der Waals surface area contributed by atoms with E-state index in [-0.39, 0.29) is 0 Å². The Morgan fingerprint density at radius 3 is 1.96 bits per heavy atom. The molecule has 0 spiro atoms. The highest BCUT2D eigenvalue weighted by molar-refractivity contribution is 7.78. The van der Waals surface area contributed by atoms with Gasteiger partial charge in [-0.2, -0.15) is 0 Å². The van der Waals surface area contributed by atoms with Gasteiger partial charge in [0.1, 0.15) is 13.7 Å². The van der Waals surface area contributed by atoms with Crippen LogP contribution in [-0.2, 0) is 11.1 Å². The molecule has 3 nitrogen and oxygen atoms in total. The molecule has 0 atom stereocenters. The van der Waals surface area contributed by atoms with Crippen LogP contribution in [0, 0.1) is 0 Å². The molecule has 0 aliphatic carbocycles. The highest BCUT2D eigenvalue weighted by Gasteiger charge is 2.27. The lowest BCUT2D eigenvalue weighted by Gasteiger charge is -2.18. The minimum Gasteiger partial charge on any atom is -0.463 e. The van der Waals surface area contributed by atoms with Gasteiger partial charge in [-0.1, -0.05) is 60.7 Å². The van der Waals surface area contributed by atoms with Crippen LogP contribution in [0.15, 0.2) is 83.5 Å². The molecule has 0 fully saturated rings. The van der Waals surface area contributed by atoms with E-state index in [2.05, 4.69) is 5.32 Å². The maximum Gasteiger partial charge on any atom is 0.157 e. The quantitative estimate of drug-likeness (QED) is 0.535. The summed E-state index contributed by atoms with van der Waals surface area (Å²) in [6.45, 7) is 1.57. The number of furan rings is 1. The number of benzene rings is 2. The van der Waals surface area contributed by atoms with E-state index in [1.54, 1.807) is 6.26 Å². The first kappa shape index (κ1) is 15.8. The average molecular weight is 326 g/mol. The first-order chi connectivity index (χ1) is 11.3. The molecule has 0 amide bonds. The summed E-state index contributed by atoms with van der Waals surface area (Å²) in [6.07, 6.45) is 2.32. The van der Waals surface area contributed by atoms with E-state index in [1.165, 1.54) is 0 Å². The van der Waals surface area contributed by atoms with Crippen molar-refractivity contribution in [3.63, 3.8) is 0 Å². The van der Waals surface area contributed by atoms with Crippen molar-refractivity contribution >= 4 is 17.8 Å². The second-order valence-electron chi connectivity index (χ2n) is 5.50. The lowest BCUT2D eigenvalue weighted by molar-refractivity contribution is -0.668. The van der Waals surface area contributed by atoms with Gasteiger partial charge in [-0.3, -0.25) is 0 Å². The molecular weight excluding hydrogens is 305 g/mol. The fourth-order valence-electron chi connectivity index (χ4n) is 2.69. The minimum atomic E-state index is -2.59. The Morgan fingerprint density at radius 1 is 0.826 bits per heavy atom. The molecule has 1 heterocycles. The Labute approximate surface area is 136 Å². The van der Waals surface area contributed by atoms with Crippen LogP contribution in [0.1, 0.15) is 5.76 Å². The Hall–Kier alpha value is -2.09. The zero-order chi connectivity index (χ0) is 16.0. The summed E-state index contributed by atoms with van der Waals surface area (Å²) in [5, 5.41) is 4.01. The summed E-state index contributed by atoms with van der Waals surface area (Å²) in [6, 6.07) is 23.5. The summed E-state index contributed by atoms with van der Waals surface area (Å²) in [5.74, 6) is 0.944. The van der Waals surface area contributed by atoms with E-state index >= 15 is 0 Å². The monoisotopic (exact) mass is 326 g/mol. The van der Waals surface area contributed by atoms with Crippen molar-refractivity contribution in [3.8, 4) is 0 Å². The standard InChI is InChI=1S/C19H20NO2P/c21-23(18-9-3-1-4-10-18,19-11-5-2-6-12-19)15-13-20-16-17-8-7-14-22-17/h1-12,14,20H,13,15-16H2/p+1. The highest BCUT2D eigenvalue weighted by Crippen LogP contribution is 2.42. The molecule has 0 bridgehead atoms. The third-order valence-electron chi connectivity index (χ3n) is 3.92. The number of quaternary nitrogens is 1. The van der Waals surface area contributed by atoms with Crippen LogP contribution in [0.5, 0.6) is 0 Å². The van der Waals surface area contributed by atoms with Gasteiger partial charge in [0.05, 0.1) is 19.0 Å². The van der Waals surface area contributed by atoms with Crippen LogP contribution >= 0.6 is 7.14 Å². The van der Waals surface area contributed by atoms with Gasteiger partial charge in [-0.25, -0.2) is 0 Å². The second-order valence-corrected chi connectivity index (χ2v) is 8.45. The second kappa shape index (κ2) is 7.45. The number of hydrogen-bond donors (Lipinski definition) is 1. The van der Waals surface area contributed by atoms with Crippen LogP contribution in [0.4, 0.5) is 0 Å². The molecule has 23 heavy (non-hydrogen) atoms. The normalized spacial score (nSPS) is 11.5. The summed E-state index contributed by atoms with van der Waals surface area (Å²) in [4.78, 5) is 0. The van der Waals surface area contributed by atoms with E-state index in [9.17, 15) is 4.57 Å². The predicted molar refractivity (Wildman–Crippen MR) is 93.8 cm³/mol. The van der Waals surface area contributed by atoms with E-state index in [1.807, 2.05) is 72.8 Å². The van der Waals surface area contributed by atoms with Crippen molar-refractivity contribution in [2.45, 2.75) is 6.54 Å². The molecule has 3 rings (SSSR count). The van der Waals surface area contributed by atoms with Gasteiger partial charge in [-0.15, -0.1) is 0 Å². The first-order valence-corrected chi connectivity index (χ1v) is 9.72. The molecule has 0 radical (unpaired) electrons. The number of nitrogens with two attached hydrogens (primary N) is 1. The summed E-state index contributed by atoms with van der Waals surface area (Å²) in [7, 11) is -2.59. The maximum absolute atomic E-state index is 13.7. The van der Waals surface area contributed by atoms with E-state index < -0.39 is 7.14 Å².